The molecule has 0 saturated carbocycles. The quantitative estimate of drug-likeness (QED) is 0.414. The molecule has 0 unspecified atom stereocenters. The summed E-state index contributed by atoms with van der Waals surface area (Å²) in [6.45, 7) is 4.32. The van der Waals surface area contributed by atoms with E-state index in [2.05, 4.69) is 10.2 Å². The van der Waals surface area contributed by atoms with E-state index in [9.17, 15) is 9.59 Å². The van der Waals surface area contributed by atoms with E-state index >= 15 is 0 Å². The van der Waals surface area contributed by atoms with Gasteiger partial charge in [-0.1, -0.05) is 72.3 Å². The highest BCUT2D eigenvalue weighted by Crippen LogP contribution is 2.25. The molecule has 0 aliphatic carbocycles. The second-order valence-corrected chi connectivity index (χ2v) is 9.24. The zero-order valence-corrected chi connectivity index (χ0v) is 21.5. The van der Waals surface area contributed by atoms with Crippen molar-refractivity contribution in [3.63, 3.8) is 0 Å². The summed E-state index contributed by atoms with van der Waals surface area (Å²) >= 11 is 6.08. The highest BCUT2D eigenvalue weighted by Gasteiger charge is 2.32. The molecule has 1 atom stereocenters. The predicted molar refractivity (Wildman–Crippen MR) is 143 cm³/mol. The topological polar surface area (TPSA) is 71.1 Å². The van der Waals surface area contributed by atoms with Gasteiger partial charge in [0.15, 0.2) is 6.61 Å². The average Bonchev–Trinajstić information content (AvgIpc) is 2.94. The zero-order valence-electron chi connectivity index (χ0n) is 20.7. The number of carbonyl (C=O) groups is 2. The molecule has 0 spiro atoms. The highest BCUT2D eigenvalue weighted by molar-refractivity contribution is 6.30. The first kappa shape index (κ1) is 26.7. The Morgan fingerprint density at radius 3 is 2.27 bits per heavy atom. The van der Waals surface area contributed by atoms with Gasteiger partial charge in [0, 0.05) is 37.7 Å². The van der Waals surface area contributed by atoms with Gasteiger partial charge in [0.2, 0.25) is 5.91 Å². The van der Waals surface area contributed by atoms with E-state index in [1.807, 2.05) is 60.7 Å². The van der Waals surface area contributed by atoms with E-state index in [1.54, 1.807) is 29.2 Å². The van der Waals surface area contributed by atoms with Gasteiger partial charge in [0.25, 0.3) is 5.91 Å². The first-order valence-electron chi connectivity index (χ1n) is 12.4. The molecule has 3 aromatic rings. The smallest absolute Gasteiger partial charge is 0.261 e. The third-order valence-corrected chi connectivity index (χ3v) is 6.45. The number of carbonyl (C=O) groups excluding carboxylic acids is 2. The summed E-state index contributed by atoms with van der Waals surface area (Å²) < 4.78 is 11.2. The van der Waals surface area contributed by atoms with Crippen molar-refractivity contribution in [3.8, 4) is 5.75 Å². The average molecular weight is 522 g/mol. The maximum atomic E-state index is 13.6. The Labute approximate surface area is 222 Å². The lowest BCUT2D eigenvalue weighted by Crippen LogP contribution is -2.47. The van der Waals surface area contributed by atoms with Crippen molar-refractivity contribution in [2.75, 3.05) is 46.0 Å². The number of morpholine rings is 1. The number of hydrogen-bond donors (Lipinski definition) is 1. The van der Waals surface area contributed by atoms with Crippen LogP contribution in [0.3, 0.4) is 0 Å². The van der Waals surface area contributed by atoms with Crippen molar-refractivity contribution < 1.29 is 19.1 Å². The maximum Gasteiger partial charge on any atom is 0.261 e. The number of nitrogens with zero attached hydrogens (tertiary/aromatic N) is 2. The van der Waals surface area contributed by atoms with Gasteiger partial charge in [-0.3, -0.25) is 14.5 Å². The first-order valence-corrected chi connectivity index (χ1v) is 12.8. The van der Waals surface area contributed by atoms with Crippen molar-refractivity contribution in [2.45, 2.75) is 12.6 Å². The second-order valence-electron chi connectivity index (χ2n) is 8.81. The van der Waals surface area contributed by atoms with Crippen LogP contribution in [0.5, 0.6) is 5.75 Å². The fourth-order valence-corrected chi connectivity index (χ4v) is 4.35. The van der Waals surface area contributed by atoms with Gasteiger partial charge in [-0.05, 0) is 35.4 Å². The molecule has 1 saturated heterocycles. The van der Waals surface area contributed by atoms with Crippen molar-refractivity contribution in [1.29, 1.82) is 0 Å². The molecule has 4 rings (SSSR count). The fraction of sp³-hybridized carbons (Fsp3) is 0.310. The lowest BCUT2D eigenvalue weighted by atomic mass is 10.0. The Kier molecular flexibility index (Phi) is 9.94. The van der Waals surface area contributed by atoms with Gasteiger partial charge in [0.05, 0.1) is 13.2 Å². The summed E-state index contributed by atoms with van der Waals surface area (Å²) in [5.41, 5.74) is 1.59. The van der Waals surface area contributed by atoms with Crippen LogP contribution < -0.4 is 10.1 Å². The molecule has 0 aromatic heterocycles. The zero-order chi connectivity index (χ0) is 25.9. The lowest BCUT2D eigenvalue weighted by Gasteiger charge is -2.32. The summed E-state index contributed by atoms with van der Waals surface area (Å²) in [4.78, 5) is 31.1. The Bertz CT molecular complexity index is 1120. The van der Waals surface area contributed by atoms with Gasteiger partial charge in [-0.15, -0.1) is 0 Å². The van der Waals surface area contributed by atoms with Crippen LogP contribution in [-0.4, -0.2) is 67.6 Å². The molecule has 194 valence electrons. The van der Waals surface area contributed by atoms with E-state index in [0.29, 0.717) is 30.5 Å². The van der Waals surface area contributed by atoms with Crippen molar-refractivity contribution in [2.24, 2.45) is 0 Å². The van der Waals surface area contributed by atoms with E-state index in [4.69, 9.17) is 21.1 Å². The van der Waals surface area contributed by atoms with Crippen LogP contribution in [0.4, 0.5) is 0 Å². The van der Waals surface area contributed by atoms with Gasteiger partial charge in [-0.2, -0.15) is 0 Å². The number of ether oxygens (including phenoxy) is 2. The summed E-state index contributed by atoms with van der Waals surface area (Å²) in [5, 5.41) is 3.66. The van der Waals surface area contributed by atoms with Gasteiger partial charge in [0.1, 0.15) is 11.8 Å². The molecule has 3 aromatic carbocycles. The van der Waals surface area contributed by atoms with Crippen molar-refractivity contribution in [3.05, 3.63) is 101 Å². The second kappa shape index (κ2) is 13.8. The number of para-hydroxylation sites is 1. The standard InChI is InChI=1S/C29H32ClN3O4/c30-25-13-11-23(12-14-25)21-33(27(34)22-37-26-9-5-2-6-10-26)28(24-7-3-1-4-8-24)29(35)31-15-16-32-17-19-36-20-18-32/h1-14,28H,15-22H2,(H,31,35)/t28-/m1/s1. The van der Waals surface area contributed by atoms with E-state index in [1.165, 1.54) is 0 Å². The molecular weight excluding hydrogens is 490 g/mol. The molecule has 1 aliphatic heterocycles. The Morgan fingerprint density at radius 2 is 1.59 bits per heavy atom. The van der Waals surface area contributed by atoms with Crippen LogP contribution in [0.2, 0.25) is 5.02 Å². The fourth-order valence-electron chi connectivity index (χ4n) is 4.22. The Hall–Kier alpha value is -3.39. The molecule has 0 bridgehead atoms. The third kappa shape index (κ3) is 8.05. The number of benzene rings is 3. The van der Waals surface area contributed by atoms with Crippen molar-refractivity contribution in [1.82, 2.24) is 15.1 Å². The Balaban J connectivity index is 1.55. The molecule has 1 aliphatic rings. The molecule has 1 N–H and O–H groups in total. The normalized spacial score (nSPS) is 14.5. The van der Waals surface area contributed by atoms with Crippen LogP contribution in [0.15, 0.2) is 84.9 Å². The van der Waals surface area contributed by atoms with E-state index in [-0.39, 0.29) is 25.0 Å². The lowest BCUT2D eigenvalue weighted by molar-refractivity contribution is -0.143. The summed E-state index contributed by atoms with van der Waals surface area (Å²) in [5.74, 6) is 0.0611. The molecule has 2 amide bonds. The summed E-state index contributed by atoms with van der Waals surface area (Å²) in [7, 11) is 0. The SMILES string of the molecule is O=C(NCCN1CCOCC1)[C@@H](c1ccccc1)N(Cc1ccc(Cl)cc1)C(=O)COc1ccccc1. The van der Waals surface area contributed by atoms with Gasteiger partial charge in [-0.25, -0.2) is 0 Å². The minimum Gasteiger partial charge on any atom is -0.484 e. The monoisotopic (exact) mass is 521 g/mol. The molecular formula is C29H32ClN3O4. The number of hydrogen-bond acceptors (Lipinski definition) is 5. The van der Waals surface area contributed by atoms with Crippen LogP contribution in [0.25, 0.3) is 0 Å². The van der Waals surface area contributed by atoms with Crippen molar-refractivity contribution >= 4 is 23.4 Å². The highest BCUT2D eigenvalue weighted by atomic mass is 35.5. The Morgan fingerprint density at radius 1 is 0.946 bits per heavy atom. The van der Waals surface area contributed by atoms with E-state index in [0.717, 1.165) is 30.8 Å². The third-order valence-electron chi connectivity index (χ3n) is 6.20. The number of amides is 2. The summed E-state index contributed by atoms with van der Waals surface area (Å²) in [6, 6.07) is 25.0. The van der Waals surface area contributed by atoms with Crippen LogP contribution in [0, 0.1) is 0 Å². The molecule has 37 heavy (non-hydrogen) atoms. The minimum atomic E-state index is -0.826. The molecule has 1 fully saturated rings. The van der Waals surface area contributed by atoms with Crippen LogP contribution in [0.1, 0.15) is 17.2 Å². The number of halogens is 1. The van der Waals surface area contributed by atoms with Crippen LogP contribution in [-0.2, 0) is 20.9 Å². The largest absolute Gasteiger partial charge is 0.484 e. The number of nitrogens with one attached hydrogen (secondary N) is 1. The molecule has 0 radical (unpaired) electrons. The molecule has 1 heterocycles. The predicted octanol–water partition coefficient (Wildman–Crippen LogP) is 3.94. The molecule has 8 heteroatoms. The first-order chi connectivity index (χ1) is 18.1. The maximum absolute atomic E-state index is 13.6. The van der Waals surface area contributed by atoms with Gasteiger partial charge >= 0.3 is 0 Å². The number of rotatable bonds is 11. The summed E-state index contributed by atoms with van der Waals surface area (Å²) in [6.07, 6.45) is 0. The van der Waals surface area contributed by atoms with Crippen LogP contribution >= 0.6 is 11.6 Å². The van der Waals surface area contributed by atoms with E-state index < -0.39 is 6.04 Å². The van der Waals surface area contributed by atoms with Gasteiger partial charge < -0.3 is 19.7 Å². The molecule has 7 nitrogen and oxygen atoms in total. The minimum absolute atomic E-state index is 0.192.